The number of alkyl halides is 3. The lowest BCUT2D eigenvalue weighted by atomic mass is 10.4. The summed E-state index contributed by atoms with van der Waals surface area (Å²) in [7, 11) is 0. The summed E-state index contributed by atoms with van der Waals surface area (Å²) in [5.41, 5.74) is 5.27. The van der Waals surface area contributed by atoms with Gasteiger partial charge in [-0.05, 0) is 19.1 Å². The molecule has 0 radical (unpaired) electrons. The molecule has 0 unspecified atom stereocenters. The van der Waals surface area contributed by atoms with E-state index in [1.54, 1.807) is 6.92 Å². The van der Waals surface area contributed by atoms with Gasteiger partial charge in [-0.25, -0.2) is 0 Å². The van der Waals surface area contributed by atoms with Gasteiger partial charge >= 0.3 is 6.18 Å². The molecule has 1 rings (SSSR count). The van der Waals surface area contributed by atoms with E-state index in [1.165, 1.54) is 6.07 Å². The number of hydrogen-bond donors (Lipinski definition) is 1. The first-order valence-electron chi connectivity index (χ1n) is 3.82. The van der Waals surface area contributed by atoms with Crippen molar-refractivity contribution in [1.29, 1.82) is 0 Å². The molecule has 0 aliphatic rings. The number of hydrogen-bond acceptors (Lipinski definition) is 2. The van der Waals surface area contributed by atoms with Gasteiger partial charge in [0.1, 0.15) is 4.88 Å². The third-order valence-corrected chi connectivity index (χ3v) is 2.54. The molecule has 0 aliphatic carbocycles. The Morgan fingerprint density at radius 2 is 2.14 bits per heavy atom. The number of nitrogens with zero attached hydrogens (tertiary/aromatic N) is 1. The first kappa shape index (κ1) is 11.0. The van der Waals surface area contributed by atoms with Crippen LogP contribution in [0.1, 0.15) is 16.7 Å². The van der Waals surface area contributed by atoms with Gasteiger partial charge in [-0.3, -0.25) is 4.99 Å². The topological polar surface area (TPSA) is 38.4 Å². The summed E-state index contributed by atoms with van der Waals surface area (Å²) in [6, 6.07) is 2.47. The molecule has 0 spiro atoms. The lowest BCUT2D eigenvalue weighted by Crippen LogP contribution is -2.05. The molecule has 0 saturated carbocycles. The minimum absolute atomic E-state index is 0.211. The van der Waals surface area contributed by atoms with Crippen LogP contribution in [0.5, 0.6) is 0 Å². The van der Waals surface area contributed by atoms with Crippen LogP contribution in [0.15, 0.2) is 17.1 Å². The summed E-state index contributed by atoms with van der Waals surface area (Å²) in [5.74, 6) is 0.368. The molecule has 0 atom stereocenters. The molecule has 0 saturated heterocycles. The molecular formula is C8H9F3N2S. The number of halogens is 3. The average molecular weight is 222 g/mol. The highest BCUT2D eigenvalue weighted by Gasteiger charge is 2.32. The molecule has 0 aromatic carbocycles. The van der Waals surface area contributed by atoms with Crippen molar-refractivity contribution in [2.45, 2.75) is 19.6 Å². The van der Waals surface area contributed by atoms with Gasteiger partial charge in [-0.2, -0.15) is 13.2 Å². The van der Waals surface area contributed by atoms with Crippen LogP contribution >= 0.6 is 11.3 Å². The van der Waals surface area contributed by atoms with Crippen molar-refractivity contribution >= 4 is 17.2 Å². The zero-order valence-corrected chi connectivity index (χ0v) is 8.25. The molecule has 0 bridgehead atoms. The predicted molar refractivity (Wildman–Crippen MR) is 50.3 cm³/mol. The van der Waals surface area contributed by atoms with E-state index in [9.17, 15) is 13.2 Å². The summed E-state index contributed by atoms with van der Waals surface area (Å²) in [4.78, 5) is 3.79. The Morgan fingerprint density at radius 1 is 1.50 bits per heavy atom. The van der Waals surface area contributed by atoms with Crippen LogP contribution < -0.4 is 5.73 Å². The predicted octanol–water partition coefficient (Wildman–Crippen LogP) is 2.64. The van der Waals surface area contributed by atoms with E-state index in [2.05, 4.69) is 4.99 Å². The monoisotopic (exact) mass is 222 g/mol. The minimum atomic E-state index is -4.26. The quantitative estimate of drug-likeness (QED) is 0.606. The van der Waals surface area contributed by atoms with Crippen LogP contribution in [-0.4, -0.2) is 5.84 Å². The van der Waals surface area contributed by atoms with Gasteiger partial charge < -0.3 is 5.73 Å². The third-order valence-electron chi connectivity index (χ3n) is 1.43. The van der Waals surface area contributed by atoms with Crippen LogP contribution in [0.2, 0.25) is 0 Å². The van der Waals surface area contributed by atoms with Crippen molar-refractivity contribution in [3.8, 4) is 0 Å². The first-order valence-corrected chi connectivity index (χ1v) is 4.63. The summed E-state index contributed by atoms with van der Waals surface area (Å²) >= 11 is 0.694. The number of amidine groups is 1. The Balaban J connectivity index is 2.74. The van der Waals surface area contributed by atoms with E-state index in [0.717, 1.165) is 6.07 Å². The number of aliphatic imine (C=N–C) groups is 1. The van der Waals surface area contributed by atoms with Crippen molar-refractivity contribution in [2.75, 3.05) is 0 Å². The van der Waals surface area contributed by atoms with Crippen LogP contribution in [0.4, 0.5) is 13.2 Å². The molecule has 2 N–H and O–H groups in total. The Kier molecular flexibility index (Phi) is 3.15. The fourth-order valence-electron chi connectivity index (χ4n) is 0.818. The zero-order chi connectivity index (χ0) is 10.8. The lowest BCUT2D eigenvalue weighted by molar-refractivity contribution is -0.134. The van der Waals surface area contributed by atoms with Crippen molar-refractivity contribution in [1.82, 2.24) is 0 Å². The Bertz CT molecular complexity index is 337. The third kappa shape index (κ3) is 3.02. The van der Waals surface area contributed by atoms with Crippen LogP contribution in [-0.2, 0) is 12.7 Å². The van der Waals surface area contributed by atoms with E-state index >= 15 is 0 Å². The molecule has 0 amide bonds. The van der Waals surface area contributed by atoms with Crippen LogP contribution in [0.25, 0.3) is 0 Å². The maximum Gasteiger partial charge on any atom is 0.425 e. The molecule has 0 aliphatic heterocycles. The van der Waals surface area contributed by atoms with Crippen molar-refractivity contribution in [2.24, 2.45) is 10.7 Å². The van der Waals surface area contributed by atoms with E-state index in [-0.39, 0.29) is 6.54 Å². The molecular weight excluding hydrogens is 213 g/mol. The Labute approximate surface area is 83.3 Å². The van der Waals surface area contributed by atoms with Crippen LogP contribution in [0.3, 0.4) is 0 Å². The fraction of sp³-hybridized carbons (Fsp3) is 0.375. The fourth-order valence-corrected chi connectivity index (χ4v) is 1.62. The van der Waals surface area contributed by atoms with Crippen molar-refractivity contribution < 1.29 is 13.2 Å². The molecule has 14 heavy (non-hydrogen) atoms. The van der Waals surface area contributed by atoms with Gasteiger partial charge in [0, 0.05) is 4.88 Å². The van der Waals surface area contributed by atoms with Gasteiger partial charge in [0.15, 0.2) is 0 Å². The van der Waals surface area contributed by atoms with E-state index < -0.39 is 11.1 Å². The molecule has 2 nitrogen and oxygen atoms in total. The maximum absolute atomic E-state index is 12.1. The summed E-state index contributed by atoms with van der Waals surface area (Å²) in [5, 5.41) is 0. The minimum Gasteiger partial charge on any atom is -0.388 e. The standard InChI is InChI=1S/C8H9F3N2S/c1-5(12)13-4-6-2-3-7(14-6)8(9,10)11/h2-3H,4H2,1H3,(H2,12,13). The van der Waals surface area contributed by atoms with Crippen molar-refractivity contribution in [3.63, 3.8) is 0 Å². The second-order valence-electron chi connectivity index (χ2n) is 2.72. The molecule has 78 valence electrons. The van der Waals surface area contributed by atoms with Gasteiger partial charge in [-0.1, -0.05) is 0 Å². The summed E-state index contributed by atoms with van der Waals surface area (Å²) in [6.45, 7) is 1.81. The lowest BCUT2D eigenvalue weighted by Gasteiger charge is -2.00. The van der Waals surface area contributed by atoms with Gasteiger partial charge in [-0.15, -0.1) is 11.3 Å². The highest BCUT2D eigenvalue weighted by Crippen LogP contribution is 2.34. The van der Waals surface area contributed by atoms with Crippen molar-refractivity contribution in [3.05, 3.63) is 21.9 Å². The summed E-state index contributed by atoms with van der Waals surface area (Å²) < 4.78 is 36.4. The Morgan fingerprint density at radius 3 is 2.57 bits per heavy atom. The normalized spacial score (nSPS) is 13.3. The average Bonchev–Trinajstić information content (AvgIpc) is 2.47. The van der Waals surface area contributed by atoms with E-state index in [1.807, 2.05) is 0 Å². The number of rotatable bonds is 2. The highest BCUT2D eigenvalue weighted by molar-refractivity contribution is 7.12. The van der Waals surface area contributed by atoms with Gasteiger partial charge in [0.25, 0.3) is 0 Å². The largest absolute Gasteiger partial charge is 0.425 e. The highest BCUT2D eigenvalue weighted by atomic mass is 32.1. The summed E-state index contributed by atoms with van der Waals surface area (Å²) in [6.07, 6.45) is -4.26. The number of thiophene rings is 1. The second-order valence-corrected chi connectivity index (χ2v) is 3.89. The molecule has 1 aromatic heterocycles. The SMILES string of the molecule is CC(N)=NCc1ccc(C(F)(F)F)s1. The molecule has 1 heterocycles. The van der Waals surface area contributed by atoms with Gasteiger partial charge in [0.05, 0.1) is 12.4 Å². The van der Waals surface area contributed by atoms with Gasteiger partial charge in [0.2, 0.25) is 0 Å². The first-order chi connectivity index (χ1) is 6.39. The molecule has 6 heteroatoms. The van der Waals surface area contributed by atoms with E-state index in [0.29, 0.717) is 22.0 Å². The zero-order valence-electron chi connectivity index (χ0n) is 7.43. The second kappa shape index (κ2) is 4.00. The smallest absolute Gasteiger partial charge is 0.388 e. The Hall–Kier alpha value is -1.04. The maximum atomic E-state index is 12.1. The van der Waals surface area contributed by atoms with Crippen LogP contribution in [0, 0.1) is 0 Å². The number of nitrogens with two attached hydrogens (primary N) is 1. The molecule has 0 fully saturated rings. The van der Waals surface area contributed by atoms with E-state index in [4.69, 9.17) is 5.73 Å². The molecule has 1 aromatic rings.